The summed E-state index contributed by atoms with van der Waals surface area (Å²) >= 11 is 13.9. The Morgan fingerprint density at radius 3 is 2.26 bits per heavy atom. The van der Waals surface area contributed by atoms with Crippen LogP contribution in [0.15, 0.2) is 71.6 Å². The van der Waals surface area contributed by atoms with Gasteiger partial charge >= 0.3 is 0 Å². The van der Waals surface area contributed by atoms with Crippen LogP contribution >= 0.6 is 35.0 Å². The van der Waals surface area contributed by atoms with Crippen LogP contribution in [0.4, 0.5) is 5.69 Å². The molecule has 0 saturated heterocycles. The molecule has 1 N–H and O–H groups in total. The predicted octanol–water partition coefficient (Wildman–Crippen LogP) is 5.86. The molecule has 0 atom stereocenters. The zero-order valence-corrected chi connectivity index (χ0v) is 22.1. The largest absolute Gasteiger partial charge is 0.354 e. The fourth-order valence-electron chi connectivity index (χ4n) is 3.24. The first-order valence-electron chi connectivity index (χ1n) is 10.6. The number of thioether (sulfide) groups is 1. The van der Waals surface area contributed by atoms with E-state index in [4.69, 9.17) is 23.2 Å². The van der Waals surface area contributed by atoms with Crippen molar-refractivity contribution in [3.05, 3.63) is 93.5 Å². The molecule has 34 heavy (non-hydrogen) atoms. The van der Waals surface area contributed by atoms with Gasteiger partial charge in [0.2, 0.25) is 5.91 Å². The van der Waals surface area contributed by atoms with E-state index in [0.717, 1.165) is 15.6 Å². The van der Waals surface area contributed by atoms with E-state index >= 15 is 0 Å². The number of benzene rings is 3. The van der Waals surface area contributed by atoms with Crippen LogP contribution in [0.3, 0.4) is 0 Å². The Morgan fingerprint density at radius 2 is 1.62 bits per heavy atom. The molecular weight excluding hydrogens is 511 g/mol. The van der Waals surface area contributed by atoms with Gasteiger partial charge in [0.1, 0.15) is 6.54 Å². The van der Waals surface area contributed by atoms with E-state index in [9.17, 15) is 13.2 Å². The minimum Gasteiger partial charge on any atom is -0.354 e. The number of halogens is 2. The summed E-state index contributed by atoms with van der Waals surface area (Å²) in [5.74, 6) is 1.13. The molecule has 0 bridgehead atoms. The topological polar surface area (TPSA) is 66.5 Å². The van der Waals surface area contributed by atoms with Crippen molar-refractivity contribution in [1.82, 2.24) is 5.32 Å². The first-order chi connectivity index (χ1) is 16.2. The summed E-state index contributed by atoms with van der Waals surface area (Å²) in [6, 6.07) is 19.1. The van der Waals surface area contributed by atoms with E-state index in [1.165, 1.54) is 41.5 Å². The second-order valence-corrected chi connectivity index (χ2v) is 11.6. The van der Waals surface area contributed by atoms with Gasteiger partial charge in [0.05, 0.1) is 10.6 Å². The predicted molar refractivity (Wildman–Crippen MR) is 143 cm³/mol. The minimum atomic E-state index is -4.03. The van der Waals surface area contributed by atoms with Crippen molar-refractivity contribution in [3.8, 4) is 0 Å². The van der Waals surface area contributed by atoms with Gasteiger partial charge in [-0.3, -0.25) is 9.10 Å². The quantitative estimate of drug-likeness (QED) is 0.329. The molecule has 180 valence electrons. The second-order valence-electron chi connectivity index (χ2n) is 7.78. The van der Waals surface area contributed by atoms with Crippen molar-refractivity contribution in [2.75, 3.05) is 23.1 Å². The van der Waals surface area contributed by atoms with Crippen LogP contribution in [0.25, 0.3) is 0 Å². The second kappa shape index (κ2) is 12.0. The molecule has 0 radical (unpaired) electrons. The molecule has 0 fully saturated rings. The van der Waals surface area contributed by atoms with Gasteiger partial charge in [-0.1, -0.05) is 65.2 Å². The van der Waals surface area contributed by atoms with E-state index < -0.39 is 22.5 Å². The molecule has 0 aliphatic rings. The normalized spacial score (nSPS) is 11.3. The third-order valence-corrected chi connectivity index (χ3v) is 8.35. The number of hydrogen-bond donors (Lipinski definition) is 1. The van der Waals surface area contributed by atoms with Crippen molar-refractivity contribution in [2.24, 2.45) is 0 Å². The molecule has 3 aromatic rings. The van der Waals surface area contributed by atoms with Crippen molar-refractivity contribution >= 4 is 56.6 Å². The van der Waals surface area contributed by atoms with Gasteiger partial charge in [0, 0.05) is 28.1 Å². The molecule has 3 aromatic carbocycles. The standard InChI is InChI=1S/C25H26Cl2N2O3S2/c1-18-7-9-24(10-8-18)34(31,32)29(23-14-21(26)13-22(27)15-23)16-25(30)28-11-12-33-17-20-6-4-3-5-19(20)2/h3-10,13-15H,11-12,16-17H2,1-2H3,(H,28,30). The number of hydrogen-bond acceptors (Lipinski definition) is 4. The highest BCUT2D eigenvalue weighted by molar-refractivity contribution is 7.98. The first kappa shape index (κ1) is 26.4. The van der Waals surface area contributed by atoms with Crippen LogP contribution in [-0.2, 0) is 20.6 Å². The molecule has 0 aliphatic heterocycles. The van der Waals surface area contributed by atoms with E-state index in [1.54, 1.807) is 23.9 Å². The maximum Gasteiger partial charge on any atom is 0.264 e. The van der Waals surface area contributed by atoms with Gasteiger partial charge < -0.3 is 5.32 Å². The van der Waals surface area contributed by atoms with E-state index in [-0.39, 0.29) is 20.6 Å². The summed E-state index contributed by atoms with van der Waals surface area (Å²) in [6.45, 7) is 3.97. The Labute approximate surface area is 215 Å². The number of nitrogens with one attached hydrogen (secondary N) is 1. The van der Waals surface area contributed by atoms with Gasteiger partial charge in [-0.05, 0) is 55.3 Å². The molecule has 5 nitrogen and oxygen atoms in total. The summed E-state index contributed by atoms with van der Waals surface area (Å²) in [7, 11) is -4.03. The van der Waals surface area contributed by atoms with Crippen LogP contribution in [0.2, 0.25) is 10.0 Å². The Balaban J connectivity index is 1.69. The number of anilines is 1. The average Bonchev–Trinajstić information content (AvgIpc) is 2.78. The summed E-state index contributed by atoms with van der Waals surface area (Å²) < 4.78 is 27.9. The zero-order chi connectivity index (χ0) is 24.7. The highest BCUT2D eigenvalue weighted by Gasteiger charge is 2.27. The number of amides is 1. The lowest BCUT2D eigenvalue weighted by Crippen LogP contribution is -2.41. The maximum absolute atomic E-state index is 13.4. The van der Waals surface area contributed by atoms with E-state index in [0.29, 0.717) is 12.3 Å². The van der Waals surface area contributed by atoms with Crippen molar-refractivity contribution in [1.29, 1.82) is 0 Å². The van der Waals surface area contributed by atoms with Gasteiger partial charge in [-0.15, -0.1) is 0 Å². The number of carbonyl (C=O) groups is 1. The Morgan fingerprint density at radius 1 is 0.971 bits per heavy atom. The van der Waals surface area contributed by atoms with E-state index in [2.05, 4.69) is 24.4 Å². The van der Waals surface area contributed by atoms with Crippen LogP contribution in [0, 0.1) is 13.8 Å². The molecule has 3 rings (SSSR count). The number of rotatable bonds is 10. The van der Waals surface area contributed by atoms with Crippen LogP contribution in [-0.4, -0.2) is 33.2 Å². The molecule has 1 amide bonds. The molecule has 0 spiro atoms. The maximum atomic E-state index is 13.4. The fourth-order valence-corrected chi connectivity index (χ4v) is 6.09. The first-order valence-corrected chi connectivity index (χ1v) is 14.0. The van der Waals surface area contributed by atoms with Gasteiger partial charge in [0.25, 0.3) is 10.0 Å². The smallest absolute Gasteiger partial charge is 0.264 e. The van der Waals surface area contributed by atoms with Gasteiger partial charge in [-0.2, -0.15) is 11.8 Å². The van der Waals surface area contributed by atoms with E-state index in [1.807, 2.05) is 19.1 Å². The Kier molecular flexibility index (Phi) is 9.31. The number of carbonyl (C=O) groups excluding carboxylic acids is 1. The molecule has 0 saturated carbocycles. The van der Waals surface area contributed by atoms with Crippen LogP contribution in [0.1, 0.15) is 16.7 Å². The van der Waals surface area contributed by atoms with Crippen molar-refractivity contribution < 1.29 is 13.2 Å². The molecule has 0 heterocycles. The minimum absolute atomic E-state index is 0.0794. The molecule has 0 aliphatic carbocycles. The third-order valence-electron chi connectivity index (χ3n) is 5.12. The Hall–Kier alpha value is -2.19. The molecule has 9 heteroatoms. The molecule has 0 unspecified atom stereocenters. The summed E-state index contributed by atoms with van der Waals surface area (Å²) in [6.07, 6.45) is 0. The Bertz CT molecular complexity index is 1230. The van der Waals surface area contributed by atoms with Gasteiger partial charge in [-0.25, -0.2) is 8.42 Å². The molecule has 0 aromatic heterocycles. The highest BCUT2D eigenvalue weighted by Crippen LogP contribution is 2.29. The lowest BCUT2D eigenvalue weighted by Gasteiger charge is -2.24. The lowest BCUT2D eigenvalue weighted by atomic mass is 10.1. The van der Waals surface area contributed by atoms with Crippen LogP contribution in [0.5, 0.6) is 0 Å². The number of aryl methyl sites for hydroxylation is 2. The summed E-state index contributed by atoms with van der Waals surface area (Å²) in [5.41, 5.74) is 3.64. The van der Waals surface area contributed by atoms with Gasteiger partial charge in [0.15, 0.2) is 0 Å². The monoisotopic (exact) mass is 536 g/mol. The number of sulfonamides is 1. The van der Waals surface area contributed by atoms with Crippen molar-refractivity contribution in [3.63, 3.8) is 0 Å². The zero-order valence-electron chi connectivity index (χ0n) is 18.9. The summed E-state index contributed by atoms with van der Waals surface area (Å²) in [4.78, 5) is 12.8. The summed E-state index contributed by atoms with van der Waals surface area (Å²) in [5, 5.41) is 3.37. The lowest BCUT2D eigenvalue weighted by molar-refractivity contribution is -0.119. The van der Waals surface area contributed by atoms with Crippen molar-refractivity contribution in [2.45, 2.75) is 24.5 Å². The average molecular weight is 538 g/mol. The molecular formula is C25H26Cl2N2O3S2. The SMILES string of the molecule is Cc1ccc(S(=O)(=O)N(CC(=O)NCCSCc2ccccc2C)c2cc(Cl)cc(Cl)c2)cc1. The highest BCUT2D eigenvalue weighted by atomic mass is 35.5. The third kappa shape index (κ3) is 7.15. The number of nitrogens with zero attached hydrogens (tertiary/aromatic N) is 1. The van der Waals surface area contributed by atoms with Crippen LogP contribution < -0.4 is 9.62 Å². The fraction of sp³-hybridized carbons (Fsp3) is 0.240.